The molecule has 2 aromatic rings. The van der Waals surface area contributed by atoms with E-state index in [9.17, 15) is 13.2 Å². The van der Waals surface area contributed by atoms with Crippen LogP contribution in [0.2, 0.25) is 0 Å². The molecule has 1 heterocycles. The maximum Gasteiger partial charge on any atom is 0.261 e. The van der Waals surface area contributed by atoms with Crippen LogP contribution in [0.25, 0.3) is 0 Å². The molecule has 3 rings (SSSR count). The van der Waals surface area contributed by atoms with Crippen molar-refractivity contribution < 1.29 is 17.9 Å². The van der Waals surface area contributed by atoms with E-state index in [1.807, 2.05) is 13.8 Å². The van der Waals surface area contributed by atoms with E-state index in [-0.39, 0.29) is 22.0 Å². The fourth-order valence-corrected chi connectivity index (χ4v) is 5.21. The summed E-state index contributed by atoms with van der Waals surface area (Å²) in [6.45, 7) is 4.88. The highest BCUT2D eigenvalue weighted by atomic mass is 32.2. The first-order valence-corrected chi connectivity index (χ1v) is 12.6. The number of thiocarbonyl (C=S) groups is 1. The number of ether oxygens (including phenoxy) is 1. The number of carbonyl (C=O) groups excluding carboxylic acids is 1. The van der Waals surface area contributed by atoms with Crippen LogP contribution in [0.5, 0.6) is 5.75 Å². The van der Waals surface area contributed by atoms with Gasteiger partial charge >= 0.3 is 0 Å². The summed E-state index contributed by atoms with van der Waals surface area (Å²) in [5.74, 6) is 0.0879. The lowest BCUT2D eigenvalue weighted by molar-refractivity contribution is 0.0972. The first kappa shape index (κ1) is 24.2. The molecule has 0 aromatic heterocycles. The molecule has 0 saturated carbocycles. The van der Waals surface area contributed by atoms with Crippen molar-refractivity contribution in [3.63, 3.8) is 0 Å². The summed E-state index contributed by atoms with van der Waals surface area (Å²) in [7, 11) is -3.51. The first-order valence-electron chi connectivity index (χ1n) is 10.8. The molecule has 0 aliphatic carbocycles. The van der Waals surface area contributed by atoms with Gasteiger partial charge in [-0.25, -0.2) is 8.42 Å². The van der Waals surface area contributed by atoms with E-state index in [0.29, 0.717) is 30.1 Å². The Morgan fingerprint density at radius 3 is 2.25 bits per heavy atom. The molecule has 0 bridgehead atoms. The molecule has 172 valence electrons. The zero-order valence-corrected chi connectivity index (χ0v) is 20.0. The Morgan fingerprint density at radius 1 is 1.00 bits per heavy atom. The van der Waals surface area contributed by atoms with E-state index in [1.165, 1.54) is 0 Å². The van der Waals surface area contributed by atoms with E-state index < -0.39 is 10.0 Å². The summed E-state index contributed by atoms with van der Waals surface area (Å²) in [5.41, 5.74) is 0.959. The smallest absolute Gasteiger partial charge is 0.261 e. The fraction of sp³-hybridized carbons (Fsp3) is 0.391. The number of carbonyl (C=O) groups is 1. The largest absolute Gasteiger partial charge is 0.490 e. The van der Waals surface area contributed by atoms with Crippen molar-refractivity contribution in [3.8, 4) is 5.75 Å². The van der Waals surface area contributed by atoms with E-state index >= 15 is 0 Å². The zero-order chi connectivity index (χ0) is 23.1. The van der Waals surface area contributed by atoms with Gasteiger partial charge in [0.1, 0.15) is 5.75 Å². The van der Waals surface area contributed by atoms with Crippen molar-refractivity contribution in [1.82, 2.24) is 9.62 Å². The van der Waals surface area contributed by atoms with Crippen molar-refractivity contribution >= 4 is 38.9 Å². The summed E-state index contributed by atoms with van der Waals surface area (Å²) in [5, 5.41) is 5.67. The lowest BCUT2D eigenvalue weighted by atomic mass is 10.2. The van der Waals surface area contributed by atoms with E-state index in [4.69, 9.17) is 17.0 Å². The average Bonchev–Trinajstić information content (AvgIpc) is 3.04. The fourth-order valence-electron chi connectivity index (χ4n) is 3.49. The van der Waals surface area contributed by atoms with Gasteiger partial charge in [0, 0.05) is 18.8 Å². The van der Waals surface area contributed by atoms with Gasteiger partial charge in [0.2, 0.25) is 10.0 Å². The van der Waals surface area contributed by atoms with Crippen molar-refractivity contribution in [3.05, 3.63) is 54.1 Å². The number of para-hydroxylation sites is 1. The van der Waals surface area contributed by atoms with E-state index in [2.05, 4.69) is 10.6 Å². The minimum Gasteiger partial charge on any atom is -0.490 e. The van der Waals surface area contributed by atoms with E-state index in [0.717, 1.165) is 25.7 Å². The number of amides is 1. The first-order chi connectivity index (χ1) is 15.3. The van der Waals surface area contributed by atoms with Gasteiger partial charge in [-0.2, -0.15) is 4.31 Å². The van der Waals surface area contributed by atoms with Gasteiger partial charge in [0.05, 0.1) is 16.6 Å². The molecule has 2 N–H and O–H groups in total. The summed E-state index contributed by atoms with van der Waals surface area (Å²) < 4.78 is 33.0. The molecule has 1 fully saturated rings. The molecule has 0 spiro atoms. The minimum atomic E-state index is -3.51. The lowest BCUT2D eigenvalue weighted by Crippen LogP contribution is -2.34. The van der Waals surface area contributed by atoms with Crippen molar-refractivity contribution in [1.29, 1.82) is 0 Å². The Balaban J connectivity index is 1.63. The van der Waals surface area contributed by atoms with Crippen LogP contribution in [0.15, 0.2) is 53.4 Å². The third-order valence-corrected chi connectivity index (χ3v) is 7.15. The van der Waals surface area contributed by atoms with Crippen LogP contribution in [0.3, 0.4) is 0 Å². The van der Waals surface area contributed by atoms with Crippen molar-refractivity contribution in [2.75, 3.05) is 18.4 Å². The number of sulfonamides is 1. The second kappa shape index (κ2) is 10.9. The summed E-state index contributed by atoms with van der Waals surface area (Å²) in [6, 6.07) is 13.3. The molecule has 1 aliphatic heterocycles. The topological polar surface area (TPSA) is 87.7 Å². The predicted octanol–water partition coefficient (Wildman–Crippen LogP) is 4.17. The van der Waals surface area contributed by atoms with Crippen LogP contribution in [-0.2, 0) is 10.0 Å². The quantitative estimate of drug-likeness (QED) is 0.610. The number of nitrogens with one attached hydrogen (secondary N) is 2. The lowest BCUT2D eigenvalue weighted by Gasteiger charge is -2.20. The van der Waals surface area contributed by atoms with Crippen LogP contribution in [-0.4, -0.2) is 42.9 Å². The van der Waals surface area contributed by atoms with Gasteiger partial charge in [0.25, 0.3) is 5.91 Å². The molecule has 0 unspecified atom stereocenters. The molecule has 0 atom stereocenters. The molecular weight excluding hydrogens is 446 g/mol. The van der Waals surface area contributed by atoms with Crippen LogP contribution >= 0.6 is 12.2 Å². The number of benzene rings is 2. The molecule has 1 saturated heterocycles. The van der Waals surface area contributed by atoms with E-state index in [1.54, 1.807) is 52.8 Å². The third-order valence-electron chi connectivity index (χ3n) is 5.04. The van der Waals surface area contributed by atoms with Crippen molar-refractivity contribution in [2.24, 2.45) is 0 Å². The van der Waals surface area contributed by atoms with Crippen LogP contribution in [0.4, 0.5) is 5.69 Å². The molecule has 2 aromatic carbocycles. The van der Waals surface area contributed by atoms with Gasteiger partial charge < -0.3 is 10.1 Å². The third kappa shape index (κ3) is 6.27. The highest BCUT2D eigenvalue weighted by molar-refractivity contribution is 7.89. The highest BCUT2D eigenvalue weighted by Crippen LogP contribution is 2.22. The zero-order valence-electron chi connectivity index (χ0n) is 18.3. The average molecular weight is 476 g/mol. The Labute approximate surface area is 195 Å². The second-order valence-electron chi connectivity index (χ2n) is 7.91. The minimum absolute atomic E-state index is 0.0712. The second-order valence-corrected chi connectivity index (χ2v) is 10.3. The SMILES string of the molecule is CC(C)Oc1ccccc1C(=O)NC(=S)Nc1ccc(S(=O)(=O)N2CCCCCC2)cc1. The number of anilines is 1. The number of rotatable bonds is 6. The molecule has 0 radical (unpaired) electrons. The normalized spacial score (nSPS) is 15.1. The van der Waals surface area contributed by atoms with Crippen LogP contribution in [0, 0.1) is 0 Å². The molecular formula is C23H29N3O4S2. The Morgan fingerprint density at radius 2 is 1.62 bits per heavy atom. The summed E-state index contributed by atoms with van der Waals surface area (Å²) >= 11 is 5.26. The standard InChI is InChI=1S/C23H29N3O4S2/c1-17(2)30-21-10-6-5-9-20(21)22(27)25-23(31)24-18-11-13-19(14-12-18)32(28,29)26-15-7-3-4-8-16-26/h5-6,9-14,17H,3-4,7-8,15-16H2,1-2H3,(H2,24,25,27,31). The molecule has 9 heteroatoms. The van der Waals surface area contributed by atoms with Gasteiger partial charge in [-0.3, -0.25) is 10.1 Å². The van der Waals surface area contributed by atoms with Crippen LogP contribution < -0.4 is 15.4 Å². The maximum absolute atomic E-state index is 12.9. The molecule has 7 nitrogen and oxygen atoms in total. The maximum atomic E-state index is 12.9. The number of hydrogen-bond acceptors (Lipinski definition) is 5. The van der Waals surface area contributed by atoms with Gasteiger partial charge in [-0.05, 0) is 75.3 Å². The highest BCUT2D eigenvalue weighted by Gasteiger charge is 2.25. The number of nitrogens with zero attached hydrogens (tertiary/aromatic N) is 1. The van der Waals surface area contributed by atoms with Gasteiger partial charge in [0.15, 0.2) is 5.11 Å². The molecule has 1 amide bonds. The molecule has 32 heavy (non-hydrogen) atoms. The monoisotopic (exact) mass is 475 g/mol. The summed E-state index contributed by atoms with van der Waals surface area (Å²) in [6.07, 6.45) is 3.83. The Hall–Kier alpha value is -2.49. The van der Waals surface area contributed by atoms with Crippen LogP contribution in [0.1, 0.15) is 49.9 Å². The summed E-state index contributed by atoms with van der Waals surface area (Å²) in [4.78, 5) is 12.9. The number of hydrogen-bond donors (Lipinski definition) is 2. The van der Waals surface area contributed by atoms with Gasteiger partial charge in [-0.15, -0.1) is 0 Å². The molecule has 1 aliphatic rings. The van der Waals surface area contributed by atoms with Gasteiger partial charge in [-0.1, -0.05) is 25.0 Å². The Kier molecular flexibility index (Phi) is 8.22. The Bertz CT molecular complexity index is 1050. The van der Waals surface area contributed by atoms with Crippen molar-refractivity contribution in [2.45, 2.75) is 50.5 Å². The predicted molar refractivity (Wildman–Crippen MR) is 130 cm³/mol.